The molecule has 1 aromatic carbocycles. The second-order valence-electron chi connectivity index (χ2n) is 5.55. The van der Waals surface area contributed by atoms with Gasteiger partial charge in [0.15, 0.2) is 5.11 Å². The second kappa shape index (κ2) is 9.38. The van der Waals surface area contributed by atoms with E-state index in [4.69, 9.17) is 47.0 Å². The molecule has 25 heavy (non-hydrogen) atoms. The van der Waals surface area contributed by atoms with Crippen LogP contribution in [0.5, 0.6) is 0 Å². The van der Waals surface area contributed by atoms with Crippen LogP contribution < -0.4 is 16.0 Å². The number of nitrogens with zero attached hydrogens (tertiary/aromatic N) is 1. The van der Waals surface area contributed by atoms with Gasteiger partial charge in [-0.25, -0.2) is 0 Å². The number of anilines is 1. The number of nitro groups is 1. The molecule has 0 aromatic heterocycles. The summed E-state index contributed by atoms with van der Waals surface area (Å²) in [4.78, 5) is 22.2. The van der Waals surface area contributed by atoms with Gasteiger partial charge in [-0.15, -0.1) is 0 Å². The van der Waals surface area contributed by atoms with E-state index < -0.39 is 14.9 Å². The highest BCUT2D eigenvalue weighted by Crippen LogP contribution is 2.29. The van der Waals surface area contributed by atoms with E-state index in [0.29, 0.717) is 5.69 Å². The lowest BCUT2D eigenvalue weighted by atomic mass is 10.1. The Morgan fingerprint density at radius 2 is 1.96 bits per heavy atom. The summed E-state index contributed by atoms with van der Waals surface area (Å²) in [6, 6.07) is 5.73. The first-order valence-corrected chi connectivity index (χ1v) is 8.71. The Hall–Kier alpha value is -1.35. The monoisotopic (exact) mass is 426 g/mol. The van der Waals surface area contributed by atoms with E-state index in [1.807, 2.05) is 13.8 Å². The fourth-order valence-corrected chi connectivity index (χ4v) is 2.35. The van der Waals surface area contributed by atoms with Crippen molar-refractivity contribution >= 4 is 69.4 Å². The second-order valence-corrected chi connectivity index (χ2v) is 8.32. The minimum atomic E-state index is -1.86. The Kier molecular flexibility index (Phi) is 8.14. The van der Waals surface area contributed by atoms with Crippen LogP contribution in [0.3, 0.4) is 0 Å². The molecule has 0 saturated carbocycles. The average molecular weight is 428 g/mol. The van der Waals surface area contributed by atoms with Gasteiger partial charge in [0, 0.05) is 24.2 Å². The van der Waals surface area contributed by atoms with Gasteiger partial charge in [-0.05, 0) is 24.2 Å². The van der Waals surface area contributed by atoms with E-state index in [0.717, 1.165) is 0 Å². The highest BCUT2D eigenvalue weighted by molar-refractivity contribution is 7.80. The van der Waals surface area contributed by atoms with E-state index in [-0.39, 0.29) is 29.0 Å². The molecule has 1 rings (SSSR count). The smallest absolute Gasteiger partial charge is 0.271 e. The molecule has 138 valence electrons. The highest BCUT2D eigenvalue weighted by atomic mass is 35.6. The first kappa shape index (κ1) is 21.7. The molecule has 0 aliphatic heterocycles. The summed E-state index contributed by atoms with van der Waals surface area (Å²) in [5.41, 5.74) is 0.277. The minimum Gasteiger partial charge on any atom is -0.339 e. The largest absolute Gasteiger partial charge is 0.339 e. The van der Waals surface area contributed by atoms with E-state index in [1.54, 1.807) is 6.07 Å². The lowest BCUT2D eigenvalue weighted by molar-refractivity contribution is -0.384. The summed E-state index contributed by atoms with van der Waals surface area (Å²) < 4.78 is -1.86. The maximum absolute atomic E-state index is 11.9. The zero-order chi connectivity index (χ0) is 19.2. The standard InChI is InChI=1S/C14H17Cl3N4O3S/c1-8(2)6-11(22)19-12(14(15,16)17)20-13(25)18-9-4-3-5-10(7-9)21(23)24/h3-5,7-8,12H,6H2,1-2H3,(H,19,22)(H2,18,20,25)/t12-/m0/s1. The number of non-ortho nitro benzene ring substituents is 1. The molecule has 0 aliphatic carbocycles. The van der Waals surface area contributed by atoms with Crippen LogP contribution in [-0.2, 0) is 4.79 Å². The predicted octanol–water partition coefficient (Wildman–Crippen LogP) is 3.74. The van der Waals surface area contributed by atoms with Gasteiger partial charge in [0.2, 0.25) is 9.70 Å². The van der Waals surface area contributed by atoms with Crippen LogP contribution in [0.1, 0.15) is 20.3 Å². The molecule has 3 N–H and O–H groups in total. The molecule has 1 atom stereocenters. The van der Waals surface area contributed by atoms with Crippen LogP contribution in [0.4, 0.5) is 11.4 Å². The van der Waals surface area contributed by atoms with Crippen molar-refractivity contribution in [3.8, 4) is 0 Å². The Bertz CT molecular complexity index is 652. The van der Waals surface area contributed by atoms with Crippen molar-refractivity contribution in [3.63, 3.8) is 0 Å². The van der Waals surface area contributed by atoms with Crippen molar-refractivity contribution in [3.05, 3.63) is 34.4 Å². The molecule has 0 heterocycles. The number of nitro benzene ring substituents is 1. The Morgan fingerprint density at radius 1 is 1.32 bits per heavy atom. The van der Waals surface area contributed by atoms with Crippen molar-refractivity contribution in [2.45, 2.75) is 30.2 Å². The number of halogens is 3. The molecular weight excluding hydrogens is 411 g/mol. The number of rotatable bonds is 6. The van der Waals surface area contributed by atoms with E-state index in [1.165, 1.54) is 18.2 Å². The number of hydrogen-bond acceptors (Lipinski definition) is 4. The van der Waals surface area contributed by atoms with Crippen molar-refractivity contribution in [2.24, 2.45) is 5.92 Å². The molecule has 0 bridgehead atoms. The summed E-state index contributed by atoms with van der Waals surface area (Å²) >= 11 is 22.7. The average Bonchev–Trinajstić information content (AvgIpc) is 2.44. The molecule has 0 unspecified atom stereocenters. The number of alkyl halides is 3. The number of thiocarbonyl (C=S) groups is 1. The third-order valence-corrected chi connectivity index (χ3v) is 3.69. The van der Waals surface area contributed by atoms with Gasteiger partial charge in [-0.2, -0.15) is 0 Å². The van der Waals surface area contributed by atoms with Crippen molar-refractivity contribution < 1.29 is 9.72 Å². The van der Waals surface area contributed by atoms with Crippen LogP contribution >= 0.6 is 47.0 Å². The molecule has 1 aromatic rings. The van der Waals surface area contributed by atoms with Crippen molar-refractivity contribution in [1.29, 1.82) is 0 Å². The summed E-state index contributed by atoms with van der Waals surface area (Å²) in [6.07, 6.45) is -0.827. The topological polar surface area (TPSA) is 96.3 Å². The maximum Gasteiger partial charge on any atom is 0.271 e. The summed E-state index contributed by atoms with van der Waals surface area (Å²) in [7, 11) is 0. The SMILES string of the molecule is CC(C)CC(=O)N[C@@H](NC(=S)Nc1cccc([N+](=O)[O-])c1)C(Cl)(Cl)Cl. The lowest BCUT2D eigenvalue weighted by Crippen LogP contribution is -2.56. The Morgan fingerprint density at radius 3 is 2.48 bits per heavy atom. The Labute approximate surface area is 165 Å². The zero-order valence-electron chi connectivity index (χ0n) is 13.4. The van der Waals surface area contributed by atoms with Gasteiger partial charge in [0.1, 0.15) is 6.17 Å². The zero-order valence-corrected chi connectivity index (χ0v) is 16.5. The van der Waals surface area contributed by atoms with E-state index >= 15 is 0 Å². The normalized spacial score (nSPS) is 12.4. The highest BCUT2D eigenvalue weighted by Gasteiger charge is 2.34. The van der Waals surface area contributed by atoms with Crippen LogP contribution in [-0.4, -0.2) is 25.9 Å². The molecule has 0 spiro atoms. The van der Waals surface area contributed by atoms with Gasteiger partial charge < -0.3 is 16.0 Å². The first-order valence-electron chi connectivity index (χ1n) is 7.17. The molecular formula is C14H17Cl3N4O3S. The number of amides is 1. The lowest BCUT2D eigenvalue weighted by Gasteiger charge is -2.28. The molecule has 0 fully saturated rings. The summed E-state index contributed by atoms with van der Waals surface area (Å²) in [5.74, 6) is -0.178. The van der Waals surface area contributed by atoms with E-state index in [9.17, 15) is 14.9 Å². The van der Waals surface area contributed by atoms with Gasteiger partial charge in [0.05, 0.1) is 4.92 Å². The van der Waals surface area contributed by atoms with Gasteiger partial charge in [0.25, 0.3) is 5.69 Å². The van der Waals surface area contributed by atoms with Crippen LogP contribution in [0.25, 0.3) is 0 Å². The molecule has 0 radical (unpaired) electrons. The van der Waals surface area contributed by atoms with E-state index in [2.05, 4.69) is 16.0 Å². The third-order valence-electron chi connectivity index (χ3n) is 2.82. The molecule has 1 amide bonds. The number of benzene rings is 1. The Balaban J connectivity index is 2.77. The third kappa shape index (κ3) is 8.04. The van der Waals surface area contributed by atoms with Crippen LogP contribution in [0, 0.1) is 16.0 Å². The number of nitrogens with one attached hydrogen (secondary N) is 3. The summed E-state index contributed by atoms with van der Waals surface area (Å²) in [5, 5.41) is 18.8. The van der Waals surface area contributed by atoms with Crippen LogP contribution in [0.2, 0.25) is 0 Å². The van der Waals surface area contributed by atoms with Gasteiger partial charge >= 0.3 is 0 Å². The van der Waals surface area contributed by atoms with Crippen molar-refractivity contribution in [1.82, 2.24) is 10.6 Å². The summed E-state index contributed by atoms with van der Waals surface area (Å²) in [6.45, 7) is 3.76. The number of carbonyl (C=O) groups excluding carboxylic acids is 1. The maximum atomic E-state index is 11.9. The van der Waals surface area contributed by atoms with Crippen LogP contribution in [0.15, 0.2) is 24.3 Å². The minimum absolute atomic E-state index is 0.0293. The van der Waals surface area contributed by atoms with Gasteiger partial charge in [-0.3, -0.25) is 14.9 Å². The number of carbonyl (C=O) groups is 1. The molecule has 7 nitrogen and oxygen atoms in total. The first-order chi connectivity index (χ1) is 11.5. The molecule has 0 saturated heterocycles. The fraction of sp³-hybridized carbons (Fsp3) is 0.429. The number of hydrogen-bond donors (Lipinski definition) is 3. The van der Waals surface area contributed by atoms with Gasteiger partial charge in [-0.1, -0.05) is 54.7 Å². The molecule has 0 aliphatic rings. The fourth-order valence-electron chi connectivity index (χ4n) is 1.79. The quantitative estimate of drug-likeness (QED) is 0.210. The molecule has 11 heteroatoms. The van der Waals surface area contributed by atoms with Crippen molar-refractivity contribution in [2.75, 3.05) is 5.32 Å². The predicted molar refractivity (Wildman–Crippen MR) is 104 cm³/mol.